The van der Waals surface area contributed by atoms with Gasteiger partial charge in [-0.15, -0.1) is 0 Å². The Morgan fingerprint density at radius 1 is 1.21 bits per heavy atom. The number of aromatic nitrogens is 3. The average Bonchev–Trinajstić information content (AvgIpc) is 2.38. The maximum absolute atomic E-state index is 5.93. The molecule has 0 aromatic carbocycles. The zero-order chi connectivity index (χ0) is 13.8. The first-order valence-corrected chi connectivity index (χ1v) is 6.86. The quantitative estimate of drug-likeness (QED) is 0.897. The van der Waals surface area contributed by atoms with Gasteiger partial charge in [0.25, 0.3) is 0 Å². The summed E-state index contributed by atoms with van der Waals surface area (Å²) in [5, 5.41) is 2.94. The van der Waals surface area contributed by atoms with E-state index in [-0.39, 0.29) is 6.10 Å². The summed E-state index contributed by atoms with van der Waals surface area (Å²) in [6, 6.07) is 0.419. The van der Waals surface area contributed by atoms with Crippen LogP contribution in [-0.4, -0.2) is 42.2 Å². The number of nitrogens with one attached hydrogen (secondary N) is 1. The maximum Gasteiger partial charge on any atom is 0.323 e. The Morgan fingerprint density at radius 3 is 2.63 bits per heavy atom. The normalized spacial score (nSPS) is 22.9. The zero-order valence-electron chi connectivity index (χ0n) is 12.2. The summed E-state index contributed by atoms with van der Waals surface area (Å²) >= 11 is 0. The lowest BCUT2D eigenvalue weighted by Crippen LogP contribution is -2.25. The highest BCUT2D eigenvalue weighted by atomic mass is 16.5. The maximum atomic E-state index is 5.93. The minimum absolute atomic E-state index is 0.228. The van der Waals surface area contributed by atoms with Crippen LogP contribution in [-0.2, 0) is 0 Å². The Morgan fingerprint density at radius 2 is 2.00 bits per heavy atom. The second-order valence-electron chi connectivity index (χ2n) is 5.40. The van der Waals surface area contributed by atoms with E-state index in [9.17, 15) is 0 Å². The Kier molecular flexibility index (Phi) is 4.39. The summed E-state index contributed by atoms with van der Waals surface area (Å²) in [6.45, 7) is 2.27. The molecule has 1 aliphatic carbocycles. The number of anilines is 2. The molecule has 0 spiro atoms. The molecule has 1 N–H and O–H groups in total. The van der Waals surface area contributed by atoms with Crippen molar-refractivity contribution in [1.82, 2.24) is 15.0 Å². The van der Waals surface area contributed by atoms with Gasteiger partial charge in [-0.1, -0.05) is 13.3 Å². The van der Waals surface area contributed by atoms with Crippen molar-refractivity contribution in [2.45, 2.75) is 38.7 Å². The van der Waals surface area contributed by atoms with E-state index in [0.717, 1.165) is 18.8 Å². The molecule has 2 atom stereocenters. The summed E-state index contributed by atoms with van der Waals surface area (Å²) < 4.78 is 5.93. The first-order valence-electron chi connectivity index (χ1n) is 6.86. The van der Waals surface area contributed by atoms with Crippen molar-refractivity contribution in [3.05, 3.63) is 0 Å². The van der Waals surface area contributed by atoms with Crippen LogP contribution in [0.5, 0.6) is 6.01 Å². The van der Waals surface area contributed by atoms with Gasteiger partial charge in [0.05, 0.1) is 0 Å². The number of hydrogen-bond acceptors (Lipinski definition) is 6. The van der Waals surface area contributed by atoms with Crippen LogP contribution in [0.1, 0.15) is 32.6 Å². The number of hydrogen-bond donors (Lipinski definition) is 1. The molecule has 1 aliphatic rings. The van der Waals surface area contributed by atoms with Crippen molar-refractivity contribution >= 4 is 11.9 Å². The fraction of sp³-hybridized carbons (Fsp3) is 0.769. The van der Waals surface area contributed by atoms with Gasteiger partial charge in [0.15, 0.2) is 0 Å². The third-order valence-electron chi connectivity index (χ3n) is 3.39. The van der Waals surface area contributed by atoms with Crippen LogP contribution in [0.3, 0.4) is 0 Å². The molecule has 1 aromatic rings. The van der Waals surface area contributed by atoms with Gasteiger partial charge in [-0.3, -0.25) is 0 Å². The zero-order valence-corrected chi connectivity index (χ0v) is 12.2. The van der Waals surface area contributed by atoms with Crippen LogP contribution >= 0.6 is 0 Å². The molecule has 1 aromatic heterocycles. The summed E-state index contributed by atoms with van der Waals surface area (Å²) in [6.07, 6.45) is 4.91. The van der Waals surface area contributed by atoms with Gasteiger partial charge in [0.2, 0.25) is 11.9 Å². The molecule has 6 heteroatoms. The molecule has 1 saturated carbocycles. The SMILES string of the molecule is CNc1nc(OC2CCCC(C)C2)nc(N(C)C)n1. The van der Waals surface area contributed by atoms with E-state index in [4.69, 9.17) is 4.74 Å². The average molecular weight is 265 g/mol. The molecular weight excluding hydrogens is 242 g/mol. The Hall–Kier alpha value is -1.59. The molecule has 0 saturated heterocycles. The van der Waals surface area contributed by atoms with Gasteiger partial charge in [0, 0.05) is 21.1 Å². The monoisotopic (exact) mass is 265 g/mol. The van der Waals surface area contributed by atoms with Gasteiger partial charge >= 0.3 is 6.01 Å². The molecular formula is C13H23N5O. The van der Waals surface area contributed by atoms with Gasteiger partial charge in [0.1, 0.15) is 6.10 Å². The van der Waals surface area contributed by atoms with Crippen molar-refractivity contribution in [2.24, 2.45) is 5.92 Å². The highest BCUT2D eigenvalue weighted by Crippen LogP contribution is 2.26. The fourth-order valence-electron chi connectivity index (χ4n) is 2.34. The minimum Gasteiger partial charge on any atom is -0.460 e. The second kappa shape index (κ2) is 6.04. The second-order valence-corrected chi connectivity index (χ2v) is 5.40. The lowest BCUT2D eigenvalue weighted by atomic mass is 9.89. The lowest BCUT2D eigenvalue weighted by Gasteiger charge is -2.26. The third-order valence-corrected chi connectivity index (χ3v) is 3.39. The Bertz CT molecular complexity index is 423. The van der Waals surface area contributed by atoms with E-state index in [1.807, 2.05) is 19.0 Å². The molecule has 106 valence electrons. The summed E-state index contributed by atoms with van der Waals surface area (Å²) in [4.78, 5) is 14.7. The first kappa shape index (κ1) is 13.8. The van der Waals surface area contributed by atoms with E-state index in [1.165, 1.54) is 12.8 Å². The van der Waals surface area contributed by atoms with Crippen molar-refractivity contribution in [1.29, 1.82) is 0 Å². The van der Waals surface area contributed by atoms with Crippen molar-refractivity contribution in [2.75, 3.05) is 31.4 Å². The van der Waals surface area contributed by atoms with Crippen LogP contribution in [0.4, 0.5) is 11.9 Å². The third kappa shape index (κ3) is 3.68. The van der Waals surface area contributed by atoms with Crippen molar-refractivity contribution in [3.63, 3.8) is 0 Å². The molecule has 19 heavy (non-hydrogen) atoms. The van der Waals surface area contributed by atoms with Crippen LogP contribution in [0.2, 0.25) is 0 Å². The van der Waals surface area contributed by atoms with Crippen LogP contribution in [0.15, 0.2) is 0 Å². The highest BCUT2D eigenvalue weighted by Gasteiger charge is 2.21. The van der Waals surface area contributed by atoms with Crippen LogP contribution in [0.25, 0.3) is 0 Å². The molecule has 2 unspecified atom stereocenters. The standard InChI is InChI=1S/C13H23N5O/c1-9-6-5-7-10(8-9)19-13-16-11(14-2)15-12(17-13)18(3)4/h9-10H,5-8H2,1-4H3,(H,14,15,16,17). The molecule has 2 rings (SSSR count). The molecule has 0 amide bonds. The number of nitrogens with zero attached hydrogens (tertiary/aromatic N) is 4. The van der Waals surface area contributed by atoms with E-state index >= 15 is 0 Å². The topological polar surface area (TPSA) is 63.2 Å². The van der Waals surface area contributed by atoms with Crippen molar-refractivity contribution < 1.29 is 4.74 Å². The summed E-state index contributed by atoms with van der Waals surface area (Å²) in [7, 11) is 5.60. The fourth-order valence-corrected chi connectivity index (χ4v) is 2.34. The van der Waals surface area contributed by atoms with Crippen LogP contribution in [0, 0.1) is 5.92 Å². The molecule has 0 bridgehead atoms. The van der Waals surface area contributed by atoms with Gasteiger partial charge in [-0.2, -0.15) is 15.0 Å². The Balaban J connectivity index is 2.12. The van der Waals surface area contributed by atoms with Crippen molar-refractivity contribution in [3.8, 4) is 6.01 Å². The van der Waals surface area contributed by atoms with Gasteiger partial charge in [-0.05, 0) is 25.2 Å². The predicted molar refractivity (Wildman–Crippen MR) is 75.7 cm³/mol. The van der Waals surface area contributed by atoms with E-state index in [0.29, 0.717) is 17.9 Å². The largest absolute Gasteiger partial charge is 0.460 e. The van der Waals surface area contributed by atoms with Gasteiger partial charge in [-0.25, -0.2) is 0 Å². The van der Waals surface area contributed by atoms with E-state index in [1.54, 1.807) is 7.05 Å². The molecule has 6 nitrogen and oxygen atoms in total. The molecule has 0 radical (unpaired) electrons. The molecule has 0 aliphatic heterocycles. The number of rotatable bonds is 4. The van der Waals surface area contributed by atoms with Gasteiger partial charge < -0.3 is 15.0 Å². The summed E-state index contributed by atoms with van der Waals surface area (Å²) in [5.74, 6) is 1.87. The summed E-state index contributed by atoms with van der Waals surface area (Å²) in [5.41, 5.74) is 0. The number of ether oxygens (including phenoxy) is 1. The van der Waals surface area contributed by atoms with E-state index < -0.39 is 0 Å². The Labute approximate surface area is 114 Å². The predicted octanol–water partition coefficient (Wildman–Crippen LogP) is 1.94. The smallest absolute Gasteiger partial charge is 0.323 e. The highest BCUT2D eigenvalue weighted by molar-refractivity contribution is 5.36. The van der Waals surface area contributed by atoms with E-state index in [2.05, 4.69) is 27.2 Å². The first-order chi connectivity index (χ1) is 9.08. The molecule has 1 heterocycles. The van der Waals surface area contributed by atoms with Crippen LogP contribution < -0.4 is 15.0 Å². The molecule has 1 fully saturated rings. The lowest BCUT2D eigenvalue weighted by molar-refractivity contribution is 0.118. The minimum atomic E-state index is 0.228.